The van der Waals surface area contributed by atoms with E-state index in [-0.39, 0.29) is 12.0 Å². The third-order valence-electron chi connectivity index (χ3n) is 5.17. The van der Waals surface area contributed by atoms with Crippen LogP contribution in [0.15, 0.2) is 65.1 Å². The van der Waals surface area contributed by atoms with Crippen LogP contribution in [0, 0.1) is 12.8 Å². The summed E-state index contributed by atoms with van der Waals surface area (Å²) in [5.41, 5.74) is 3.63. The molecule has 2 aliphatic rings. The molecule has 1 aliphatic carbocycles. The monoisotopic (exact) mass is 343 g/mol. The summed E-state index contributed by atoms with van der Waals surface area (Å²) in [5, 5.41) is 0. The molecule has 1 saturated heterocycles. The zero-order chi connectivity index (χ0) is 17.3. The van der Waals surface area contributed by atoms with E-state index in [1.54, 1.807) is 16.4 Å². The van der Waals surface area contributed by atoms with E-state index in [1.165, 1.54) is 11.1 Å². The van der Waals surface area contributed by atoms with Crippen LogP contribution >= 0.6 is 0 Å². The molecule has 0 bridgehead atoms. The van der Waals surface area contributed by atoms with Crippen LogP contribution in [0.4, 0.5) is 0 Å². The van der Waals surface area contributed by atoms with E-state index in [0.717, 1.165) is 24.8 Å². The van der Waals surface area contributed by atoms with Crippen LogP contribution in [-0.2, 0) is 10.0 Å². The molecule has 1 aromatic rings. The van der Waals surface area contributed by atoms with Crippen LogP contribution in [0.5, 0.6) is 0 Å². The standard InChI is InChI=1S/C20H25NO2S/c1-4-20-18-9-7-5-6-8-16(3)19(18)14-21(20)24(22,23)17-12-10-15(2)11-13-17/h4-6,10-13,18,20H,1,7-9,14H2,2-3H3/b6-5-,19-16-/t18-,20-/m1/s1. The molecule has 1 aromatic carbocycles. The highest BCUT2D eigenvalue weighted by molar-refractivity contribution is 7.89. The van der Waals surface area contributed by atoms with E-state index in [0.29, 0.717) is 11.4 Å². The lowest BCUT2D eigenvalue weighted by molar-refractivity contribution is 0.383. The summed E-state index contributed by atoms with van der Waals surface area (Å²) >= 11 is 0. The summed E-state index contributed by atoms with van der Waals surface area (Å²) in [6, 6.07) is 6.95. The molecule has 0 saturated carbocycles. The van der Waals surface area contributed by atoms with E-state index in [2.05, 4.69) is 25.7 Å². The second-order valence-electron chi connectivity index (χ2n) is 6.75. The summed E-state index contributed by atoms with van der Waals surface area (Å²) < 4.78 is 28.0. The second kappa shape index (κ2) is 6.69. The zero-order valence-electron chi connectivity index (χ0n) is 14.4. The maximum Gasteiger partial charge on any atom is 0.243 e. The lowest BCUT2D eigenvalue weighted by Gasteiger charge is -2.25. The highest BCUT2D eigenvalue weighted by Crippen LogP contribution is 2.40. The minimum absolute atomic E-state index is 0.159. The van der Waals surface area contributed by atoms with Crippen molar-refractivity contribution in [3.63, 3.8) is 0 Å². The Bertz CT molecular complexity index is 787. The van der Waals surface area contributed by atoms with Gasteiger partial charge in [-0.25, -0.2) is 8.42 Å². The predicted octanol–water partition coefficient (Wildman–Crippen LogP) is 4.23. The number of benzene rings is 1. The third-order valence-corrected chi connectivity index (χ3v) is 7.03. The molecule has 1 aliphatic heterocycles. The summed E-state index contributed by atoms with van der Waals surface area (Å²) in [5.74, 6) is 0.243. The molecule has 0 radical (unpaired) electrons. The topological polar surface area (TPSA) is 37.4 Å². The Morgan fingerprint density at radius 3 is 2.54 bits per heavy atom. The number of hydrogen-bond acceptors (Lipinski definition) is 2. The van der Waals surface area contributed by atoms with Gasteiger partial charge in [0, 0.05) is 18.5 Å². The highest BCUT2D eigenvalue weighted by Gasteiger charge is 2.43. The summed E-state index contributed by atoms with van der Waals surface area (Å²) in [6.07, 6.45) is 9.08. The molecule has 0 amide bonds. The minimum Gasteiger partial charge on any atom is -0.207 e. The Hall–Kier alpha value is -1.65. The summed E-state index contributed by atoms with van der Waals surface area (Å²) in [6.45, 7) is 8.51. The van der Waals surface area contributed by atoms with Gasteiger partial charge < -0.3 is 0 Å². The summed E-state index contributed by atoms with van der Waals surface area (Å²) in [4.78, 5) is 0.366. The SMILES string of the molecule is C=C[C@@H]1[C@@H]2CC/C=C\C/C(C)=C\2CN1S(=O)(=O)c1ccc(C)cc1. The fourth-order valence-electron chi connectivity index (χ4n) is 3.75. The molecule has 1 fully saturated rings. The quantitative estimate of drug-likeness (QED) is 0.770. The van der Waals surface area contributed by atoms with Crippen molar-refractivity contribution in [1.29, 1.82) is 0 Å². The Morgan fingerprint density at radius 2 is 1.88 bits per heavy atom. The summed E-state index contributed by atoms with van der Waals surface area (Å²) in [7, 11) is -3.51. The van der Waals surface area contributed by atoms with Gasteiger partial charge in [0.2, 0.25) is 10.0 Å². The van der Waals surface area contributed by atoms with E-state index in [1.807, 2.05) is 25.1 Å². The number of rotatable bonds is 3. The van der Waals surface area contributed by atoms with Crippen molar-refractivity contribution in [2.45, 2.75) is 44.0 Å². The molecule has 1 heterocycles. The smallest absolute Gasteiger partial charge is 0.207 e. The molecule has 128 valence electrons. The first-order valence-corrected chi connectivity index (χ1v) is 9.93. The number of allylic oxidation sites excluding steroid dienone is 3. The molecule has 3 rings (SSSR count). The molecule has 0 spiro atoms. The minimum atomic E-state index is -3.51. The van der Waals surface area contributed by atoms with Crippen LogP contribution in [0.1, 0.15) is 31.7 Å². The molecule has 0 N–H and O–H groups in total. The number of fused-ring (bicyclic) bond motifs is 1. The number of aryl methyl sites for hydroxylation is 1. The average Bonchev–Trinajstić information content (AvgIpc) is 2.91. The van der Waals surface area contributed by atoms with Gasteiger partial charge in [0.1, 0.15) is 0 Å². The van der Waals surface area contributed by atoms with Crippen LogP contribution in [0.2, 0.25) is 0 Å². The van der Waals surface area contributed by atoms with Crippen LogP contribution in [0.25, 0.3) is 0 Å². The van der Waals surface area contributed by atoms with Gasteiger partial charge in [-0.3, -0.25) is 0 Å². The van der Waals surface area contributed by atoms with Crippen LogP contribution < -0.4 is 0 Å². The van der Waals surface area contributed by atoms with Crippen molar-refractivity contribution in [1.82, 2.24) is 4.31 Å². The molecule has 24 heavy (non-hydrogen) atoms. The predicted molar refractivity (Wildman–Crippen MR) is 98.2 cm³/mol. The van der Waals surface area contributed by atoms with Crippen LogP contribution in [-0.4, -0.2) is 25.3 Å². The molecular weight excluding hydrogens is 318 g/mol. The van der Waals surface area contributed by atoms with Gasteiger partial charge >= 0.3 is 0 Å². The first-order valence-electron chi connectivity index (χ1n) is 8.49. The van der Waals surface area contributed by atoms with E-state index in [4.69, 9.17) is 0 Å². The number of nitrogens with zero attached hydrogens (tertiary/aromatic N) is 1. The maximum atomic E-state index is 13.2. The first-order chi connectivity index (χ1) is 11.4. The molecule has 4 heteroatoms. The normalized spacial score (nSPS) is 29.6. The Morgan fingerprint density at radius 1 is 1.17 bits per heavy atom. The molecule has 0 unspecified atom stereocenters. The maximum absolute atomic E-state index is 13.2. The Kier molecular flexibility index (Phi) is 4.79. The van der Waals surface area contributed by atoms with Gasteiger partial charge in [0.25, 0.3) is 0 Å². The largest absolute Gasteiger partial charge is 0.243 e. The fraction of sp³-hybridized carbons (Fsp3) is 0.400. The fourth-order valence-corrected chi connectivity index (χ4v) is 5.36. The number of hydrogen-bond donors (Lipinski definition) is 0. The lowest BCUT2D eigenvalue weighted by atomic mass is 9.86. The van der Waals surface area contributed by atoms with Gasteiger partial charge in [-0.1, -0.05) is 47.1 Å². The number of sulfonamides is 1. The first kappa shape index (κ1) is 17.2. The second-order valence-corrected chi connectivity index (χ2v) is 8.65. The van der Waals surface area contributed by atoms with Gasteiger partial charge in [-0.15, -0.1) is 6.58 Å². The van der Waals surface area contributed by atoms with Crippen molar-refractivity contribution in [2.75, 3.05) is 6.54 Å². The van der Waals surface area contributed by atoms with E-state index in [9.17, 15) is 8.42 Å². The molecule has 3 nitrogen and oxygen atoms in total. The van der Waals surface area contributed by atoms with Crippen molar-refractivity contribution in [3.8, 4) is 0 Å². The van der Waals surface area contributed by atoms with Crippen LogP contribution in [0.3, 0.4) is 0 Å². The Labute approximate surface area is 145 Å². The Balaban J connectivity index is 2.02. The van der Waals surface area contributed by atoms with E-state index < -0.39 is 10.0 Å². The molecule has 2 atom stereocenters. The molecule has 0 aromatic heterocycles. The third kappa shape index (κ3) is 3.01. The van der Waals surface area contributed by atoms with Crippen molar-refractivity contribution in [3.05, 3.63) is 65.8 Å². The lowest BCUT2D eigenvalue weighted by Crippen LogP contribution is -2.36. The van der Waals surface area contributed by atoms with Gasteiger partial charge in [-0.2, -0.15) is 4.31 Å². The van der Waals surface area contributed by atoms with Crippen molar-refractivity contribution >= 4 is 10.0 Å². The molecular formula is C20H25NO2S. The van der Waals surface area contributed by atoms with Gasteiger partial charge in [-0.05, 0) is 45.2 Å². The van der Waals surface area contributed by atoms with E-state index >= 15 is 0 Å². The van der Waals surface area contributed by atoms with Gasteiger partial charge in [0.15, 0.2) is 0 Å². The van der Waals surface area contributed by atoms with Crippen molar-refractivity contribution in [2.24, 2.45) is 5.92 Å². The highest BCUT2D eigenvalue weighted by atomic mass is 32.2. The zero-order valence-corrected chi connectivity index (χ0v) is 15.2. The van der Waals surface area contributed by atoms with Gasteiger partial charge in [0.05, 0.1) is 4.90 Å². The van der Waals surface area contributed by atoms with Crippen molar-refractivity contribution < 1.29 is 8.42 Å². The average molecular weight is 343 g/mol.